The first-order valence-corrected chi connectivity index (χ1v) is 7.93. The molecular weight excluding hydrogens is 264 g/mol. The smallest absolute Gasteiger partial charge is 0.0922 e. The van der Waals surface area contributed by atoms with Gasteiger partial charge in [-0.05, 0) is 42.5 Å². The Morgan fingerprint density at radius 3 is 2.40 bits per heavy atom. The minimum absolute atomic E-state index is 0.155. The van der Waals surface area contributed by atoms with E-state index in [9.17, 15) is 5.11 Å². The van der Waals surface area contributed by atoms with Crippen LogP contribution >= 0.6 is 11.3 Å². The first-order valence-electron chi connectivity index (χ1n) is 7.12. The topological polar surface area (TPSA) is 20.2 Å². The van der Waals surface area contributed by atoms with Gasteiger partial charge in [0.1, 0.15) is 0 Å². The highest BCUT2D eigenvalue weighted by Gasteiger charge is 2.19. The standard InChI is InChI=1S/C18H24OS/c1-12-6-7-13(2)14(10-12)11-15(19)16-8-9-17(20-16)18(3,4)5/h6-10,15,19H,11H2,1-5H3. The van der Waals surface area contributed by atoms with Crippen molar-refractivity contribution < 1.29 is 5.11 Å². The summed E-state index contributed by atoms with van der Waals surface area (Å²) in [6.45, 7) is 10.8. The fourth-order valence-electron chi connectivity index (χ4n) is 2.26. The molecule has 1 aromatic heterocycles. The first-order chi connectivity index (χ1) is 9.27. The Balaban J connectivity index is 2.18. The molecule has 2 heteroatoms. The van der Waals surface area contributed by atoms with E-state index >= 15 is 0 Å². The van der Waals surface area contributed by atoms with Gasteiger partial charge in [0.2, 0.25) is 0 Å². The monoisotopic (exact) mass is 288 g/mol. The quantitative estimate of drug-likeness (QED) is 0.848. The molecule has 108 valence electrons. The van der Waals surface area contributed by atoms with Crippen molar-refractivity contribution >= 4 is 11.3 Å². The van der Waals surface area contributed by atoms with Gasteiger partial charge in [-0.1, -0.05) is 44.5 Å². The van der Waals surface area contributed by atoms with Crippen LogP contribution in [0.25, 0.3) is 0 Å². The van der Waals surface area contributed by atoms with E-state index in [2.05, 4.69) is 65.0 Å². The largest absolute Gasteiger partial charge is 0.387 e. The van der Waals surface area contributed by atoms with Crippen LogP contribution in [0.15, 0.2) is 30.3 Å². The third kappa shape index (κ3) is 3.50. The highest BCUT2D eigenvalue weighted by Crippen LogP contribution is 2.33. The summed E-state index contributed by atoms with van der Waals surface area (Å²) in [6.07, 6.45) is 0.286. The van der Waals surface area contributed by atoms with Crippen LogP contribution in [0.3, 0.4) is 0 Å². The minimum Gasteiger partial charge on any atom is -0.387 e. The van der Waals surface area contributed by atoms with E-state index in [1.165, 1.54) is 21.6 Å². The second-order valence-corrected chi connectivity index (χ2v) is 7.72. The summed E-state index contributed by atoms with van der Waals surface area (Å²) >= 11 is 1.73. The molecule has 0 bridgehead atoms. The maximum absolute atomic E-state index is 10.5. The normalized spacial score (nSPS) is 13.5. The maximum atomic E-state index is 10.5. The van der Waals surface area contributed by atoms with E-state index in [4.69, 9.17) is 0 Å². The van der Waals surface area contributed by atoms with Crippen LogP contribution in [0.5, 0.6) is 0 Å². The third-order valence-electron chi connectivity index (χ3n) is 3.61. The minimum atomic E-state index is -0.406. The van der Waals surface area contributed by atoms with Gasteiger partial charge in [0, 0.05) is 16.2 Å². The fourth-order valence-corrected chi connectivity index (χ4v) is 3.32. The summed E-state index contributed by atoms with van der Waals surface area (Å²) in [5.41, 5.74) is 3.90. The predicted molar refractivity (Wildman–Crippen MR) is 87.6 cm³/mol. The van der Waals surface area contributed by atoms with Gasteiger partial charge in [-0.25, -0.2) is 0 Å². The average molecular weight is 288 g/mol. The highest BCUT2D eigenvalue weighted by atomic mass is 32.1. The molecule has 0 radical (unpaired) electrons. The molecule has 0 fully saturated rings. The highest BCUT2D eigenvalue weighted by molar-refractivity contribution is 7.12. The molecule has 1 heterocycles. The molecule has 1 atom stereocenters. The van der Waals surface area contributed by atoms with Gasteiger partial charge in [0.25, 0.3) is 0 Å². The average Bonchev–Trinajstić information content (AvgIpc) is 2.83. The van der Waals surface area contributed by atoms with E-state index < -0.39 is 6.10 Å². The molecule has 2 aromatic rings. The molecule has 1 unspecified atom stereocenters. The molecule has 1 N–H and O–H groups in total. The second-order valence-electron chi connectivity index (χ2n) is 6.60. The van der Waals surface area contributed by atoms with Crippen molar-refractivity contribution in [1.29, 1.82) is 0 Å². The molecule has 0 saturated heterocycles. The molecule has 2 rings (SSSR count). The van der Waals surface area contributed by atoms with Crippen molar-refractivity contribution in [3.05, 3.63) is 56.8 Å². The molecule has 20 heavy (non-hydrogen) atoms. The molecule has 0 aliphatic carbocycles. The summed E-state index contributed by atoms with van der Waals surface area (Å²) in [6, 6.07) is 10.6. The van der Waals surface area contributed by atoms with Crippen LogP contribution in [0, 0.1) is 13.8 Å². The lowest BCUT2D eigenvalue weighted by Crippen LogP contribution is -2.08. The summed E-state index contributed by atoms with van der Waals surface area (Å²) in [5.74, 6) is 0. The molecule has 1 aromatic carbocycles. The van der Waals surface area contributed by atoms with Crippen LogP contribution in [-0.2, 0) is 11.8 Å². The number of benzene rings is 1. The predicted octanol–water partition coefficient (Wildman–Crippen LogP) is 4.94. The molecule has 0 amide bonds. The second kappa shape index (κ2) is 5.71. The number of aliphatic hydroxyl groups is 1. The van der Waals surface area contributed by atoms with Crippen LogP contribution in [-0.4, -0.2) is 5.11 Å². The SMILES string of the molecule is Cc1ccc(C)c(CC(O)c2ccc(C(C)(C)C)s2)c1. The zero-order valence-corrected chi connectivity index (χ0v) is 13.8. The Hall–Kier alpha value is -1.12. The van der Waals surface area contributed by atoms with Crippen LogP contribution in [0.2, 0.25) is 0 Å². The number of hydrogen-bond donors (Lipinski definition) is 1. The van der Waals surface area contributed by atoms with Crippen LogP contribution < -0.4 is 0 Å². The molecule has 1 nitrogen and oxygen atoms in total. The van der Waals surface area contributed by atoms with Gasteiger partial charge in [0.05, 0.1) is 6.10 Å². The van der Waals surface area contributed by atoms with Crippen LogP contribution in [0.1, 0.15) is 53.3 Å². The number of thiophene rings is 1. The summed E-state index contributed by atoms with van der Waals surface area (Å²) in [7, 11) is 0. The Kier molecular flexibility index (Phi) is 4.36. The Morgan fingerprint density at radius 1 is 1.10 bits per heavy atom. The number of rotatable bonds is 3. The lowest BCUT2D eigenvalue weighted by molar-refractivity contribution is 0.182. The summed E-state index contributed by atoms with van der Waals surface area (Å²) in [4.78, 5) is 2.39. The number of aryl methyl sites for hydroxylation is 2. The molecule has 0 aliphatic rings. The van der Waals surface area contributed by atoms with Crippen molar-refractivity contribution in [2.24, 2.45) is 0 Å². The van der Waals surface area contributed by atoms with E-state index in [0.29, 0.717) is 6.42 Å². The van der Waals surface area contributed by atoms with Gasteiger partial charge in [-0.2, -0.15) is 0 Å². The lowest BCUT2D eigenvalue weighted by atomic mass is 9.95. The van der Waals surface area contributed by atoms with Crippen molar-refractivity contribution in [1.82, 2.24) is 0 Å². The Bertz CT molecular complexity index is 590. The van der Waals surface area contributed by atoms with Crippen molar-refractivity contribution in [3.8, 4) is 0 Å². The maximum Gasteiger partial charge on any atom is 0.0922 e. The Labute approximate surface area is 126 Å². The number of aliphatic hydroxyl groups excluding tert-OH is 1. The zero-order chi connectivity index (χ0) is 14.9. The molecule has 0 spiro atoms. The van der Waals surface area contributed by atoms with Gasteiger partial charge in [-0.3, -0.25) is 0 Å². The molecule has 0 aliphatic heterocycles. The summed E-state index contributed by atoms with van der Waals surface area (Å²) < 4.78 is 0. The van der Waals surface area contributed by atoms with Gasteiger partial charge in [-0.15, -0.1) is 11.3 Å². The molecule has 0 saturated carbocycles. The molecular formula is C18H24OS. The van der Waals surface area contributed by atoms with Gasteiger partial charge >= 0.3 is 0 Å². The van der Waals surface area contributed by atoms with E-state index in [1.54, 1.807) is 11.3 Å². The Morgan fingerprint density at radius 2 is 1.80 bits per heavy atom. The van der Waals surface area contributed by atoms with E-state index in [0.717, 1.165) is 4.88 Å². The van der Waals surface area contributed by atoms with Crippen molar-refractivity contribution in [3.63, 3.8) is 0 Å². The van der Waals surface area contributed by atoms with E-state index in [-0.39, 0.29) is 5.41 Å². The van der Waals surface area contributed by atoms with Gasteiger partial charge < -0.3 is 5.11 Å². The van der Waals surface area contributed by atoms with Gasteiger partial charge in [0.15, 0.2) is 0 Å². The first kappa shape index (κ1) is 15.3. The fraction of sp³-hybridized carbons (Fsp3) is 0.444. The van der Waals surface area contributed by atoms with E-state index in [1.807, 2.05) is 0 Å². The van der Waals surface area contributed by atoms with Crippen molar-refractivity contribution in [2.45, 2.75) is 52.6 Å². The zero-order valence-electron chi connectivity index (χ0n) is 13.0. The summed E-state index contributed by atoms with van der Waals surface area (Å²) in [5, 5.41) is 10.5. The lowest BCUT2D eigenvalue weighted by Gasteiger charge is -2.16. The van der Waals surface area contributed by atoms with Crippen LogP contribution in [0.4, 0.5) is 0 Å². The van der Waals surface area contributed by atoms with Crippen molar-refractivity contribution in [2.75, 3.05) is 0 Å². The third-order valence-corrected chi connectivity index (χ3v) is 5.22. The number of hydrogen-bond acceptors (Lipinski definition) is 2.